The minimum Gasteiger partial charge on any atom is -0.486 e. The van der Waals surface area contributed by atoms with Crippen LogP contribution >= 0.6 is 39.3 Å². The Morgan fingerprint density at radius 3 is 2.64 bits per heavy atom. The lowest BCUT2D eigenvalue weighted by Crippen LogP contribution is -2.30. The number of amides is 1. The van der Waals surface area contributed by atoms with E-state index in [0.717, 1.165) is 27.7 Å². The predicted molar refractivity (Wildman–Crippen MR) is 142 cm³/mol. The van der Waals surface area contributed by atoms with E-state index in [9.17, 15) is 4.79 Å². The normalized spacial score (nSPS) is 16.7. The molecule has 170 valence electrons. The molecule has 2 N–H and O–H groups in total. The standard InChI is InChI=1S/C26H24BrClN2O2S/c1-3-17-7-9-20(10-8-17)29-26-30-25(31)23(33-26)14-19-12-21(27)24(22(28)13-19)32-15-18-6-4-5-16(2)11-18/h4-14,26,29H,3,15H2,1-2H3,(H,30,31)/b23-14-/t26-/m0/s1. The van der Waals surface area contributed by atoms with Gasteiger partial charge in [0.25, 0.3) is 5.91 Å². The minimum absolute atomic E-state index is 0.116. The van der Waals surface area contributed by atoms with Gasteiger partial charge in [-0.25, -0.2) is 0 Å². The van der Waals surface area contributed by atoms with E-state index in [4.69, 9.17) is 16.3 Å². The summed E-state index contributed by atoms with van der Waals surface area (Å²) in [4.78, 5) is 13.1. The van der Waals surface area contributed by atoms with Gasteiger partial charge in [0.15, 0.2) is 11.2 Å². The molecule has 0 radical (unpaired) electrons. The summed E-state index contributed by atoms with van der Waals surface area (Å²) < 4.78 is 6.70. The smallest absolute Gasteiger partial charge is 0.260 e. The Morgan fingerprint density at radius 1 is 1.15 bits per heavy atom. The highest BCUT2D eigenvalue weighted by atomic mass is 79.9. The number of anilines is 1. The molecule has 0 saturated carbocycles. The highest BCUT2D eigenvalue weighted by Gasteiger charge is 2.27. The van der Waals surface area contributed by atoms with E-state index in [0.29, 0.717) is 22.3 Å². The van der Waals surface area contributed by atoms with Crippen molar-refractivity contribution in [3.63, 3.8) is 0 Å². The van der Waals surface area contributed by atoms with E-state index in [1.165, 1.54) is 22.9 Å². The molecule has 1 aliphatic rings. The maximum atomic E-state index is 12.5. The van der Waals surface area contributed by atoms with Crippen LogP contribution in [0.1, 0.15) is 29.2 Å². The Bertz CT molecular complexity index is 1170. The van der Waals surface area contributed by atoms with Gasteiger partial charge in [0.05, 0.1) is 14.4 Å². The van der Waals surface area contributed by atoms with Gasteiger partial charge in [-0.05, 0) is 76.3 Å². The van der Waals surface area contributed by atoms with Crippen molar-refractivity contribution in [1.29, 1.82) is 0 Å². The molecule has 0 bridgehead atoms. The number of halogens is 2. The zero-order valence-electron chi connectivity index (χ0n) is 18.3. The zero-order valence-corrected chi connectivity index (χ0v) is 21.5. The molecule has 1 saturated heterocycles. The van der Waals surface area contributed by atoms with Crippen LogP contribution in [0.5, 0.6) is 5.75 Å². The first-order valence-corrected chi connectivity index (χ1v) is 12.7. The topological polar surface area (TPSA) is 50.4 Å². The number of ether oxygens (including phenoxy) is 1. The van der Waals surface area contributed by atoms with E-state index in [1.54, 1.807) is 0 Å². The molecule has 3 aromatic carbocycles. The van der Waals surface area contributed by atoms with E-state index in [1.807, 2.05) is 55.5 Å². The molecular weight excluding hydrogens is 520 g/mol. The fourth-order valence-electron chi connectivity index (χ4n) is 3.46. The summed E-state index contributed by atoms with van der Waals surface area (Å²) in [7, 11) is 0. The second-order valence-corrected chi connectivity index (χ2v) is 10.2. The minimum atomic E-state index is -0.230. The third kappa shape index (κ3) is 6.14. The molecule has 3 aromatic rings. The maximum Gasteiger partial charge on any atom is 0.260 e. The lowest BCUT2D eigenvalue weighted by molar-refractivity contribution is -0.116. The van der Waals surface area contributed by atoms with E-state index >= 15 is 0 Å². The number of carbonyl (C=O) groups excluding carboxylic acids is 1. The summed E-state index contributed by atoms with van der Waals surface area (Å²) in [5, 5.41) is 6.79. The molecule has 1 atom stereocenters. The molecule has 1 fully saturated rings. The Kier molecular flexibility index (Phi) is 7.68. The van der Waals surface area contributed by atoms with Crippen molar-refractivity contribution in [2.75, 3.05) is 5.32 Å². The van der Waals surface area contributed by atoms with Crippen molar-refractivity contribution < 1.29 is 9.53 Å². The fourth-order valence-corrected chi connectivity index (χ4v) is 5.44. The van der Waals surface area contributed by atoms with Gasteiger partial charge in [-0.2, -0.15) is 0 Å². The molecule has 1 aliphatic heterocycles. The molecular formula is C26H24BrClN2O2S. The van der Waals surface area contributed by atoms with Gasteiger partial charge in [-0.1, -0.05) is 72.2 Å². The van der Waals surface area contributed by atoms with E-state index in [2.05, 4.69) is 51.7 Å². The first kappa shape index (κ1) is 23.7. The highest BCUT2D eigenvalue weighted by Crippen LogP contribution is 2.37. The van der Waals surface area contributed by atoms with Crippen LogP contribution in [0.2, 0.25) is 5.02 Å². The Morgan fingerprint density at radius 2 is 1.94 bits per heavy atom. The second-order valence-electron chi connectivity index (χ2n) is 7.77. The molecule has 7 heteroatoms. The number of hydrogen-bond acceptors (Lipinski definition) is 4. The Labute approximate surface area is 211 Å². The van der Waals surface area contributed by atoms with Crippen molar-refractivity contribution in [3.05, 3.63) is 97.3 Å². The highest BCUT2D eigenvalue weighted by molar-refractivity contribution is 9.10. The zero-order chi connectivity index (χ0) is 23.4. The predicted octanol–water partition coefficient (Wildman–Crippen LogP) is 7.15. The number of benzene rings is 3. The maximum absolute atomic E-state index is 12.5. The Hall–Kier alpha value is -2.41. The summed E-state index contributed by atoms with van der Waals surface area (Å²) >= 11 is 11.5. The number of hydrogen-bond donors (Lipinski definition) is 2. The first-order chi connectivity index (χ1) is 15.9. The van der Waals surface area contributed by atoms with Crippen molar-refractivity contribution in [3.8, 4) is 5.75 Å². The lowest BCUT2D eigenvalue weighted by Gasteiger charge is -2.13. The average molecular weight is 544 g/mol. The summed E-state index contributed by atoms with van der Waals surface area (Å²) in [6.07, 6.45) is 2.83. The van der Waals surface area contributed by atoms with Crippen LogP contribution in [-0.4, -0.2) is 11.4 Å². The SMILES string of the molecule is CCc1ccc(N[C@H]2NC(=O)/C(=C/c3cc(Cl)c(OCc4cccc(C)c4)c(Br)c3)S2)cc1. The summed E-state index contributed by atoms with van der Waals surface area (Å²) in [6.45, 7) is 4.60. The van der Waals surface area contributed by atoms with Crippen LogP contribution in [0.15, 0.2) is 70.0 Å². The van der Waals surface area contributed by atoms with Crippen LogP contribution < -0.4 is 15.4 Å². The number of thioether (sulfide) groups is 1. The van der Waals surface area contributed by atoms with Crippen molar-refractivity contribution in [1.82, 2.24) is 5.32 Å². The van der Waals surface area contributed by atoms with Gasteiger partial charge in [0.1, 0.15) is 6.61 Å². The first-order valence-electron chi connectivity index (χ1n) is 10.6. The van der Waals surface area contributed by atoms with Crippen LogP contribution in [0.4, 0.5) is 5.69 Å². The summed E-state index contributed by atoms with van der Waals surface area (Å²) in [5.74, 6) is 0.466. The quantitative estimate of drug-likeness (QED) is 0.311. The number of carbonyl (C=O) groups is 1. The number of rotatable bonds is 7. The van der Waals surface area contributed by atoms with Crippen LogP contribution in [-0.2, 0) is 17.8 Å². The van der Waals surface area contributed by atoms with Gasteiger partial charge in [-0.15, -0.1) is 0 Å². The second kappa shape index (κ2) is 10.7. The number of aryl methyl sites for hydroxylation is 2. The molecule has 0 unspecified atom stereocenters. The van der Waals surface area contributed by atoms with Gasteiger partial charge >= 0.3 is 0 Å². The molecule has 1 heterocycles. The third-order valence-corrected chi connectivity index (χ3v) is 7.07. The van der Waals surface area contributed by atoms with Gasteiger partial charge in [-0.3, -0.25) is 4.79 Å². The summed E-state index contributed by atoms with van der Waals surface area (Å²) in [5.41, 5.74) is 5.09. The molecule has 4 rings (SSSR count). The van der Waals surface area contributed by atoms with E-state index < -0.39 is 0 Å². The molecule has 0 aliphatic carbocycles. The van der Waals surface area contributed by atoms with Crippen molar-refractivity contribution >= 4 is 57.0 Å². The van der Waals surface area contributed by atoms with Crippen molar-refractivity contribution in [2.24, 2.45) is 0 Å². The lowest BCUT2D eigenvalue weighted by atomic mass is 10.1. The fraction of sp³-hybridized carbons (Fsp3) is 0.192. The molecule has 0 aromatic heterocycles. The van der Waals surface area contributed by atoms with Crippen LogP contribution in [0, 0.1) is 6.92 Å². The van der Waals surface area contributed by atoms with Crippen LogP contribution in [0.25, 0.3) is 6.08 Å². The monoisotopic (exact) mass is 542 g/mol. The molecule has 1 amide bonds. The summed E-state index contributed by atoms with van der Waals surface area (Å²) in [6, 6.07) is 20.1. The van der Waals surface area contributed by atoms with Crippen molar-refractivity contribution in [2.45, 2.75) is 32.4 Å². The number of nitrogens with one attached hydrogen (secondary N) is 2. The molecule has 4 nitrogen and oxygen atoms in total. The van der Waals surface area contributed by atoms with Gasteiger partial charge in [0, 0.05) is 5.69 Å². The third-order valence-electron chi connectivity index (χ3n) is 5.17. The van der Waals surface area contributed by atoms with Gasteiger partial charge in [0.2, 0.25) is 0 Å². The average Bonchev–Trinajstić information content (AvgIpc) is 3.12. The molecule has 33 heavy (non-hydrogen) atoms. The van der Waals surface area contributed by atoms with Crippen LogP contribution in [0.3, 0.4) is 0 Å². The van der Waals surface area contributed by atoms with Gasteiger partial charge < -0.3 is 15.4 Å². The largest absolute Gasteiger partial charge is 0.486 e. The Balaban J connectivity index is 1.44. The molecule has 0 spiro atoms. The van der Waals surface area contributed by atoms with E-state index in [-0.39, 0.29) is 11.4 Å².